The molecule has 1 aromatic heterocycles. The second-order valence-corrected chi connectivity index (χ2v) is 4.13. The summed E-state index contributed by atoms with van der Waals surface area (Å²) in [6.45, 7) is 6.11. The molecule has 1 heterocycles. The third-order valence-electron chi connectivity index (χ3n) is 2.56. The smallest absolute Gasteiger partial charge is 0.128 e. The van der Waals surface area contributed by atoms with Crippen molar-refractivity contribution in [3.05, 3.63) is 17.8 Å². The zero-order chi connectivity index (χ0) is 11.5. The fourth-order valence-electron chi connectivity index (χ4n) is 1.04. The number of aromatic nitrogens is 1. The van der Waals surface area contributed by atoms with Crippen LogP contribution >= 0.6 is 0 Å². The Labute approximate surface area is 90.5 Å². The summed E-state index contributed by atoms with van der Waals surface area (Å²) in [7, 11) is 0. The molecule has 0 aliphatic heterocycles. The van der Waals surface area contributed by atoms with Crippen molar-refractivity contribution in [1.29, 1.82) is 0 Å². The average Bonchev–Trinajstić information content (AvgIpc) is 2.20. The van der Waals surface area contributed by atoms with E-state index in [2.05, 4.69) is 10.3 Å². The van der Waals surface area contributed by atoms with Crippen LogP contribution in [0.25, 0.3) is 0 Å². The Morgan fingerprint density at radius 3 is 2.80 bits per heavy atom. The van der Waals surface area contributed by atoms with E-state index in [1.54, 1.807) is 19.2 Å². The highest BCUT2D eigenvalue weighted by molar-refractivity contribution is 5.53. The van der Waals surface area contributed by atoms with E-state index in [1.807, 2.05) is 13.8 Å². The summed E-state index contributed by atoms with van der Waals surface area (Å²) in [5.74, 6) is 0.701. The van der Waals surface area contributed by atoms with Gasteiger partial charge in [-0.3, -0.25) is 0 Å². The first-order valence-electron chi connectivity index (χ1n) is 5.13. The van der Waals surface area contributed by atoms with E-state index in [0.717, 1.165) is 5.56 Å². The molecular formula is C11H19N3O. The number of anilines is 2. The molecule has 0 bridgehead atoms. The normalized spacial score (nSPS) is 14.7. The molecule has 1 atom stereocenters. The predicted molar refractivity (Wildman–Crippen MR) is 62.8 cm³/mol. The molecule has 1 rings (SSSR count). The van der Waals surface area contributed by atoms with Gasteiger partial charge in [-0.2, -0.15) is 0 Å². The fourth-order valence-corrected chi connectivity index (χ4v) is 1.04. The summed E-state index contributed by atoms with van der Waals surface area (Å²) >= 11 is 0. The van der Waals surface area contributed by atoms with Crippen molar-refractivity contribution in [2.24, 2.45) is 0 Å². The maximum absolute atomic E-state index is 9.79. The van der Waals surface area contributed by atoms with Crippen molar-refractivity contribution < 1.29 is 5.11 Å². The van der Waals surface area contributed by atoms with Crippen molar-refractivity contribution in [3.63, 3.8) is 0 Å². The van der Waals surface area contributed by atoms with E-state index < -0.39 is 5.60 Å². The standard InChI is InChI=1S/C11H19N3O/c1-4-11(3,15)7-14-10-5-9(12)8(2)6-13-10/h5-6,15H,4,7H2,1-3H3,(H3,12,13,14). The number of hydrogen-bond donors (Lipinski definition) is 3. The van der Waals surface area contributed by atoms with Crippen LogP contribution in [-0.2, 0) is 0 Å². The topological polar surface area (TPSA) is 71.2 Å². The number of nitrogens with two attached hydrogens (primary N) is 1. The van der Waals surface area contributed by atoms with E-state index in [1.165, 1.54) is 0 Å². The lowest BCUT2D eigenvalue weighted by molar-refractivity contribution is 0.0696. The molecule has 0 aromatic carbocycles. The van der Waals surface area contributed by atoms with E-state index >= 15 is 0 Å². The van der Waals surface area contributed by atoms with Gasteiger partial charge in [-0.05, 0) is 25.8 Å². The zero-order valence-electron chi connectivity index (χ0n) is 9.54. The molecule has 1 aromatic rings. The molecule has 0 fully saturated rings. The molecule has 0 aliphatic rings. The summed E-state index contributed by atoms with van der Waals surface area (Å²) in [5, 5.41) is 12.8. The highest BCUT2D eigenvalue weighted by atomic mass is 16.3. The van der Waals surface area contributed by atoms with E-state index in [-0.39, 0.29) is 0 Å². The molecule has 4 nitrogen and oxygen atoms in total. The largest absolute Gasteiger partial charge is 0.398 e. The second-order valence-electron chi connectivity index (χ2n) is 4.13. The minimum atomic E-state index is -0.707. The van der Waals surface area contributed by atoms with Gasteiger partial charge < -0.3 is 16.2 Å². The molecule has 0 spiro atoms. The quantitative estimate of drug-likeness (QED) is 0.703. The van der Waals surface area contributed by atoms with Crippen LogP contribution < -0.4 is 11.1 Å². The zero-order valence-corrected chi connectivity index (χ0v) is 9.54. The Morgan fingerprint density at radius 2 is 2.27 bits per heavy atom. The van der Waals surface area contributed by atoms with Crippen molar-refractivity contribution in [2.75, 3.05) is 17.6 Å². The van der Waals surface area contributed by atoms with E-state index in [0.29, 0.717) is 24.5 Å². The Bertz CT molecular complexity index is 337. The first-order chi connectivity index (χ1) is 6.94. The summed E-state index contributed by atoms with van der Waals surface area (Å²) in [6.07, 6.45) is 2.42. The van der Waals surface area contributed by atoms with Crippen LogP contribution in [0.2, 0.25) is 0 Å². The number of aryl methyl sites for hydroxylation is 1. The van der Waals surface area contributed by atoms with Gasteiger partial charge in [0, 0.05) is 24.5 Å². The number of nitrogens with zero attached hydrogens (tertiary/aromatic N) is 1. The second kappa shape index (κ2) is 4.49. The number of nitrogens with one attached hydrogen (secondary N) is 1. The molecule has 4 heteroatoms. The van der Waals surface area contributed by atoms with Gasteiger partial charge in [-0.1, -0.05) is 6.92 Å². The Balaban J connectivity index is 2.62. The number of nitrogen functional groups attached to an aromatic ring is 1. The van der Waals surface area contributed by atoms with Crippen molar-refractivity contribution >= 4 is 11.5 Å². The lowest BCUT2D eigenvalue weighted by atomic mass is 10.0. The third-order valence-corrected chi connectivity index (χ3v) is 2.56. The molecule has 4 N–H and O–H groups in total. The lowest BCUT2D eigenvalue weighted by Crippen LogP contribution is -2.32. The Morgan fingerprint density at radius 1 is 1.60 bits per heavy atom. The maximum Gasteiger partial charge on any atom is 0.128 e. The van der Waals surface area contributed by atoms with Gasteiger partial charge in [0.1, 0.15) is 5.82 Å². The van der Waals surface area contributed by atoms with Crippen LogP contribution in [0.1, 0.15) is 25.8 Å². The number of rotatable bonds is 4. The molecule has 0 aliphatic carbocycles. The molecule has 0 saturated heterocycles. The van der Waals surface area contributed by atoms with Gasteiger partial charge in [0.05, 0.1) is 5.60 Å². The molecule has 15 heavy (non-hydrogen) atoms. The third kappa shape index (κ3) is 3.40. The van der Waals surface area contributed by atoms with Gasteiger partial charge in [-0.25, -0.2) is 4.98 Å². The minimum Gasteiger partial charge on any atom is -0.398 e. The van der Waals surface area contributed by atoms with E-state index in [4.69, 9.17) is 5.73 Å². The van der Waals surface area contributed by atoms with Gasteiger partial charge >= 0.3 is 0 Å². The Kier molecular flexibility index (Phi) is 3.52. The van der Waals surface area contributed by atoms with Crippen molar-refractivity contribution in [2.45, 2.75) is 32.8 Å². The molecule has 84 valence electrons. The first kappa shape index (κ1) is 11.8. The molecule has 0 amide bonds. The average molecular weight is 209 g/mol. The van der Waals surface area contributed by atoms with Crippen LogP contribution in [-0.4, -0.2) is 22.2 Å². The van der Waals surface area contributed by atoms with Crippen LogP contribution in [0.5, 0.6) is 0 Å². The monoisotopic (exact) mass is 209 g/mol. The first-order valence-corrected chi connectivity index (χ1v) is 5.13. The lowest BCUT2D eigenvalue weighted by Gasteiger charge is -2.22. The SMILES string of the molecule is CCC(C)(O)CNc1cc(N)c(C)cn1. The van der Waals surface area contributed by atoms with Crippen LogP contribution in [0.3, 0.4) is 0 Å². The maximum atomic E-state index is 9.79. The van der Waals surface area contributed by atoms with Gasteiger partial charge in [0.2, 0.25) is 0 Å². The minimum absolute atomic E-state index is 0.471. The molecule has 0 saturated carbocycles. The predicted octanol–water partition coefficient (Wildman–Crippen LogP) is 1.55. The van der Waals surface area contributed by atoms with Gasteiger partial charge in [0.15, 0.2) is 0 Å². The molecule has 1 unspecified atom stereocenters. The summed E-state index contributed by atoms with van der Waals surface area (Å²) in [5.41, 5.74) is 6.72. The van der Waals surface area contributed by atoms with Crippen LogP contribution in [0.15, 0.2) is 12.3 Å². The number of pyridine rings is 1. The van der Waals surface area contributed by atoms with Crippen LogP contribution in [0.4, 0.5) is 11.5 Å². The van der Waals surface area contributed by atoms with Gasteiger partial charge in [-0.15, -0.1) is 0 Å². The highest BCUT2D eigenvalue weighted by Crippen LogP contribution is 2.15. The van der Waals surface area contributed by atoms with Crippen LogP contribution in [0, 0.1) is 6.92 Å². The molecule has 0 radical (unpaired) electrons. The van der Waals surface area contributed by atoms with E-state index in [9.17, 15) is 5.11 Å². The van der Waals surface area contributed by atoms with Gasteiger partial charge in [0.25, 0.3) is 0 Å². The highest BCUT2D eigenvalue weighted by Gasteiger charge is 2.16. The summed E-state index contributed by atoms with van der Waals surface area (Å²) in [4.78, 5) is 4.17. The number of hydrogen-bond acceptors (Lipinski definition) is 4. The van der Waals surface area contributed by atoms with Crippen molar-refractivity contribution in [3.8, 4) is 0 Å². The molecular weight excluding hydrogens is 190 g/mol. The number of aliphatic hydroxyl groups is 1. The Hall–Kier alpha value is -1.29. The summed E-state index contributed by atoms with van der Waals surface area (Å²) in [6, 6.07) is 1.78. The van der Waals surface area contributed by atoms with Crippen molar-refractivity contribution in [1.82, 2.24) is 4.98 Å². The fraction of sp³-hybridized carbons (Fsp3) is 0.545. The summed E-state index contributed by atoms with van der Waals surface area (Å²) < 4.78 is 0.